The highest BCUT2D eigenvalue weighted by molar-refractivity contribution is 7.89. The van der Waals surface area contributed by atoms with E-state index in [1.807, 2.05) is 0 Å². The molecule has 4 nitrogen and oxygen atoms in total. The van der Waals surface area contributed by atoms with Crippen LogP contribution in [-0.2, 0) is 10.0 Å². The van der Waals surface area contributed by atoms with Gasteiger partial charge in [-0.25, -0.2) is 12.7 Å². The number of hydrogen-bond donors (Lipinski definition) is 1. The predicted molar refractivity (Wildman–Crippen MR) is 46.3 cm³/mol. The number of unbranched alkanes of at least 4 members (excludes halogenated alkanes) is 1. The second-order valence-corrected chi connectivity index (χ2v) is 5.09. The van der Waals surface area contributed by atoms with Gasteiger partial charge in [0.25, 0.3) is 0 Å². The Balaban J connectivity index is 2.32. The molecule has 1 heterocycles. The molecule has 0 aliphatic carbocycles. The third-order valence-corrected chi connectivity index (χ3v) is 3.98. The van der Waals surface area contributed by atoms with Crippen LogP contribution in [0.1, 0.15) is 19.3 Å². The fourth-order valence-corrected chi connectivity index (χ4v) is 2.91. The maximum absolute atomic E-state index is 11.2. The van der Waals surface area contributed by atoms with Crippen LogP contribution in [0.25, 0.3) is 0 Å². The van der Waals surface area contributed by atoms with Gasteiger partial charge in [-0.2, -0.15) is 0 Å². The molecule has 0 saturated carbocycles. The number of aliphatic hydroxyl groups excluding tert-OH is 1. The molecule has 0 radical (unpaired) electrons. The van der Waals surface area contributed by atoms with Gasteiger partial charge in [-0.15, -0.1) is 0 Å². The second kappa shape index (κ2) is 4.20. The summed E-state index contributed by atoms with van der Waals surface area (Å²) in [5.74, 6) is 0.298. The lowest BCUT2D eigenvalue weighted by Gasteiger charge is -2.12. The quantitative estimate of drug-likeness (QED) is 0.629. The van der Waals surface area contributed by atoms with Gasteiger partial charge in [-0.05, 0) is 19.3 Å². The molecular weight excluding hydrogens is 178 g/mol. The zero-order chi connectivity index (χ0) is 9.03. The lowest BCUT2D eigenvalue weighted by atomic mass is 10.3. The van der Waals surface area contributed by atoms with Gasteiger partial charge in [-0.3, -0.25) is 0 Å². The van der Waals surface area contributed by atoms with Gasteiger partial charge >= 0.3 is 0 Å². The highest BCUT2D eigenvalue weighted by Crippen LogP contribution is 2.13. The Morgan fingerprint density at radius 1 is 1.33 bits per heavy atom. The topological polar surface area (TPSA) is 57.6 Å². The maximum Gasteiger partial charge on any atom is 0.214 e. The van der Waals surface area contributed by atoms with Crippen molar-refractivity contribution in [1.82, 2.24) is 4.31 Å². The summed E-state index contributed by atoms with van der Waals surface area (Å²) in [6, 6.07) is 0. The summed E-state index contributed by atoms with van der Waals surface area (Å²) in [6.45, 7) is 1.38. The van der Waals surface area contributed by atoms with E-state index in [0.29, 0.717) is 25.3 Å². The van der Waals surface area contributed by atoms with Crippen molar-refractivity contribution >= 4 is 10.0 Å². The van der Waals surface area contributed by atoms with Gasteiger partial charge < -0.3 is 5.11 Å². The van der Waals surface area contributed by atoms with Crippen LogP contribution < -0.4 is 0 Å². The monoisotopic (exact) mass is 193 g/mol. The molecule has 72 valence electrons. The number of nitrogens with zero attached hydrogens (tertiary/aromatic N) is 1. The minimum Gasteiger partial charge on any atom is -0.396 e. The summed E-state index contributed by atoms with van der Waals surface area (Å²) in [5.41, 5.74) is 0. The molecule has 12 heavy (non-hydrogen) atoms. The lowest BCUT2D eigenvalue weighted by molar-refractivity contribution is 0.278. The van der Waals surface area contributed by atoms with Crippen molar-refractivity contribution < 1.29 is 13.5 Å². The van der Waals surface area contributed by atoms with Gasteiger partial charge in [-0.1, -0.05) is 0 Å². The highest BCUT2D eigenvalue weighted by atomic mass is 32.2. The third-order valence-electron chi connectivity index (χ3n) is 2.02. The first-order valence-electron chi connectivity index (χ1n) is 4.25. The number of hydrogen-bond acceptors (Lipinski definition) is 3. The molecule has 0 aromatic heterocycles. The second-order valence-electron chi connectivity index (χ2n) is 3.00. The smallest absolute Gasteiger partial charge is 0.214 e. The fourth-order valence-electron chi connectivity index (χ4n) is 1.34. The molecule has 1 saturated heterocycles. The summed E-state index contributed by atoms with van der Waals surface area (Å²) >= 11 is 0. The van der Waals surface area contributed by atoms with Crippen LogP contribution in [-0.4, -0.2) is 43.3 Å². The van der Waals surface area contributed by atoms with Crippen molar-refractivity contribution in [3.63, 3.8) is 0 Å². The number of rotatable bonds is 4. The highest BCUT2D eigenvalue weighted by Gasteiger charge is 2.26. The van der Waals surface area contributed by atoms with E-state index >= 15 is 0 Å². The van der Waals surface area contributed by atoms with E-state index in [0.717, 1.165) is 12.8 Å². The maximum atomic E-state index is 11.2. The van der Waals surface area contributed by atoms with Crippen molar-refractivity contribution in [3.8, 4) is 0 Å². The Labute approximate surface area is 73.2 Å². The van der Waals surface area contributed by atoms with Crippen molar-refractivity contribution in [2.24, 2.45) is 0 Å². The molecule has 0 aromatic rings. The molecule has 1 aliphatic heterocycles. The first-order valence-corrected chi connectivity index (χ1v) is 5.86. The zero-order valence-corrected chi connectivity index (χ0v) is 7.89. The number of aliphatic hydroxyl groups is 1. The minimum atomic E-state index is -2.92. The molecular formula is C7H15NO3S. The van der Waals surface area contributed by atoms with E-state index in [9.17, 15) is 8.42 Å². The average Bonchev–Trinajstić information content (AvgIpc) is 2.32. The van der Waals surface area contributed by atoms with E-state index in [4.69, 9.17) is 5.11 Å². The van der Waals surface area contributed by atoms with E-state index in [-0.39, 0.29) is 6.61 Å². The van der Waals surface area contributed by atoms with Gasteiger partial charge in [0.2, 0.25) is 10.0 Å². The van der Waals surface area contributed by atoms with Crippen molar-refractivity contribution in [2.75, 3.05) is 25.4 Å². The van der Waals surface area contributed by atoms with Crippen LogP contribution in [0.15, 0.2) is 0 Å². The molecule has 5 heteroatoms. The zero-order valence-electron chi connectivity index (χ0n) is 7.07. The molecule has 0 bridgehead atoms. The normalized spacial score (nSPS) is 23.1. The first kappa shape index (κ1) is 9.95. The van der Waals surface area contributed by atoms with Crippen molar-refractivity contribution in [2.45, 2.75) is 19.3 Å². The molecule has 0 aromatic carbocycles. The van der Waals surface area contributed by atoms with Gasteiger partial charge in [0, 0.05) is 19.7 Å². The van der Waals surface area contributed by atoms with E-state index in [1.54, 1.807) is 0 Å². The Kier molecular flexibility index (Phi) is 3.49. The standard InChI is InChI=1S/C7H15NO3S/c9-6-2-1-4-8-5-3-7-12(8,10)11/h9H,1-7H2. The summed E-state index contributed by atoms with van der Waals surface area (Å²) in [4.78, 5) is 0. The third kappa shape index (κ3) is 2.43. The summed E-state index contributed by atoms with van der Waals surface area (Å²) < 4.78 is 24.0. The Morgan fingerprint density at radius 3 is 2.58 bits per heavy atom. The van der Waals surface area contributed by atoms with Gasteiger partial charge in [0.05, 0.1) is 5.75 Å². The van der Waals surface area contributed by atoms with Crippen LogP contribution in [0.5, 0.6) is 0 Å². The minimum absolute atomic E-state index is 0.147. The Morgan fingerprint density at radius 2 is 2.08 bits per heavy atom. The first-order chi connectivity index (χ1) is 5.67. The van der Waals surface area contributed by atoms with Crippen LogP contribution >= 0.6 is 0 Å². The van der Waals surface area contributed by atoms with E-state index in [2.05, 4.69) is 0 Å². The van der Waals surface area contributed by atoms with Crippen LogP contribution in [0.4, 0.5) is 0 Å². The van der Waals surface area contributed by atoms with Crippen LogP contribution in [0, 0.1) is 0 Å². The molecule has 0 atom stereocenters. The summed E-state index contributed by atoms with van der Waals surface area (Å²) in [6.07, 6.45) is 2.20. The summed E-state index contributed by atoms with van der Waals surface area (Å²) in [5, 5.41) is 8.50. The molecule has 1 rings (SSSR count). The van der Waals surface area contributed by atoms with Crippen LogP contribution in [0.3, 0.4) is 0 Å². The SMILES string of the molecule is O=S1(=O)CCCN1CCCCO. The van der Waals surface area contributed by atoms with Crippen LogP contribution in [0.2, 0.25) is 0 Å². The number of sulfonamides is 1. The molecule has 1 aliphatic rings. The molecule has 0 unspecified atom stereocenters. The summed E-state index contributed by atoms with van der Waals surface area (Å²) in [7, 11) is -2.92. The Bertz CT molecular complexity index is 225. The molecule has 0 amide bonds. The lowest BCUT2D eigenvalue weighted by Crippen LogP contribution is -2.26. The van der Waals surface area contributed by atoms with Crippen molar-refractivity contribution in [3.05, 3.63) is 0 Å². The molecule has 0 spiro atoms. The predicted octanol–water partition coefficient (Wildman–Crippen LogP) is -0.206. The fraction of sp³-hybridized carbons (Fsp3) is 1.00. The van der Waals surface area contributed by atoms with Gasteiger partial charge in [0.15, 0.2) is 0 Å². The van der Waals surface area contributed by atoms with E-state index < -0.39 is 10.0 Å². The van der Waals surface area contributed by atoms with Gasteiger partial charge in [0.1, 0.15) is 0 Å². The van der Waals surface area contributed by atoms with Crippen molar-refractivity contribution in [1.29, 1.82) is 0 Å². The Hall–Kier alpha value is -0.130. The largest absolute Gasteiger partial charge is 0.396 e. The molecule has 1 N–H and O–H groups in total. The van der Waals surface area contributed by atoms with E-state index in [1.165, 1.54) is 4.31 Å². The molecule has 1 fully saturated rings. The average molecular weight is 193 g/mol.